The zero-order valence-corrected chi connectivity index (χ0v) is 17.8. The highest BCUT2D eigenvalue weighted by molar-refractivity contribution is 9.10. The molecule has 0 amide bonds. The van der Waals surface area contributed by atoms with Gasteiger partial charge in [-0.2, -0.15) is 0 Å². The zero-order valence-electron chi connectivity index (χ0n) is 16.3. The van der Waals surface area contributed by atoms with Crippen LogP contribution in [0.25, 0.3) is 0 Å². The molecule has 0 bridgehead atoms. The lowest BCUT2D eigenvalue weighted by molar-refractivity contribution is -0.189. The summed E-state index contributed by atoms with van der Waals surface area (Å²) in [6.45, 7) is 2.57. The van der Waals surface area contributed by atoms with Crippen LogP contribution >= 0.6 is 15.9 Å². The number of carbonyl (C=O) groups excluding carboxylic acids is 1. The molecule has 2 aromatic rings. The van der Waals surface area contributed by atoms with Crippen molar-refractivity contribution in [2.75, 3.05) is 14.2 Å². The van der Waals surface area contributed by atoms with E-state index < -0.39 is 12.1 Å². The number of ether oxygens (including phenoxy) is 4. The predicted molar refractivity (Wildman–Crippen MR) is 109 cm³/mol. The van der Waals surface area contributed by atoms with Crippen molar-refractivity contribution in [3.8, 4) is 5.75 Å². The van der Waals surface area contributed by atoms with E-state index >= 15 is 0 Å². The van der Waals surface area contributed by atoms with Crippen molar-refractivity contribution in [2.24, 2.45) is 5.92 Å². The van der Waals surface area contributed by atoms with Crippen molar-refractivity contribution < 1.29 is 23.7 Å². The molecule has 1 fully saturated rings. The summed E-state index contributed by atoms with van der Waals surface area (Å²) in [4.78, 5) is 12.2. The minimum atomic E-state index is -0.746. The maximum Gasteiger partial charge on any atom is 0.337 e. The third kappa shape index (κ3) is 4.93. The van der Waals surface area contributed by atoms with E-state index in [1.165, 1.54) is 7.11 Å². The quantitative estimate of drug-likeness (QED) is 0.600. The van der Waals surface area contributed by atoms with Crippen LogP contribution in [0.1, 0.15) is 30.6 Å². The summed E-state index contributed by atoms with van der Waals surface area (Å²) in [6, 6.07) is 15.9. The number of hydrogen-bond donors (Lipinski definition) is 0. The summed E-state index contributed by atoms with van der Waals surface area (Å²) in [6.07, 6.45) is -0.621. The van der Waals surface area contributed by atoms with Crippen LogP contribution in [0.4, 0.5) is 0 Å². The number of benzene rings is 2. The Labute approximate surface area is 174 Å². The molecule has 4 atom stereocenters. The van der Waals surface area contributed by atoms with Crippen LogP contribution in [0.3, 0.4) is 0 Å². The molecule has 0 saturated carbocycles. The smallest absolute Gasteiger partial charge is 0.337 e. The summed E-state index contributed by atoms with van der Waals surface area (Å²) in [5.74, 6) is 0.494. The molecular formula is C22H25BrO5. The van der Waals surface area contributed by atoms with E-state index in [0.29, 0.717) is 13.0 Å². The molecule has 0 aliphatic carbocycles. The first kappa shape index (κ1) is 20.8. The standard InChI is InChI=1S/C22H25BrO5/c1-14-9-19(25-2)21(22(24)26-3)28-20(14)16-10-17(23)12-18(11-16)27-13-15-7-5-4-6-8-15/h4-8,10-12,14,19-21H,9,13H2,1-3H3/t14-,19-,20-,21-/m0/s1. The van der Waals surface area contributed by atoms with Gasteiger partial charge in [0.15, 0.2) is 6.10 Å². The van der Waals surface area contributed by atoms with Gasteiger partial charge in [-0.1, -0.05) is 53.2 Å². The highest BCUT2D eigenvalue weighted by Gasteiger charge is 2.41. The second-order valence-corrected chi connectivity index (χ2v) is 7.90. The van der Waals surface area contributed by atoms with Crippen LogP contribution in [-0.4, -0.2) is 32.4 Å². The van der Waals surface area contributed by atoms with Gasteiger partial charge in [-0.25, -0.2) is 4.79 Å². The number of esters is 1. The van der Waals surface area contributed by atoms with Crippen LogP contribution in [0.5, 0.6) is 5.75 Å². The second kappa shape index (κ2) is 9.54. The molecule has 28 heavy (non-hydrogen) atoms. The third-order valence-electron chi connectivity index (χ3n) is 4.96. The average Bonchev–Trinajstić information content (AvgIpc) is 2.71. The molecule has 1 heterocycles. The highest BCUT2D eigenvalue weighted by Crippen LogP contribution is 2.39. The zero-order chi connectivity index (χ0) is 20.1. The number of methoxy groups -OCH3 is 2. The monoisotopic (exact) mass is 448 g/mol. The molecule has 1 aliphatic rings. The van der Waals surface area contributed by atoms with Gasteiger partial charge in [-0.05, 0) is 41.7 Å². The fourth-order valence-electron chi connectivity index (χ4n) is 3.52. The SMILES string of the molecule is COC(=O)[C@H]1O[C@H](c2cc(Br)cc(OCc3ccccc3)c2)[C@@H](C)C[C@@H]1OC. The molecule has 150 valence electrons. The molecule has 2 aromatic carbocycles. The van der Waals surface area contributed by atoms with Gasteiger partial charge < -0.3 is 18.9 Å². The number of hydrogen-bond acceptors (Lipinski definition) is 5. The summed E-state index contributed by atoms with van der Waals surface area (Å²) >= 11 is 3.56. The molecule has 0 aromatic heterocycles. The minimum Gasteiger partial charge on any atom is -0.489 e. The Morgan fingerprint density at radius 2 is 1.93 bits per heavy atom. The number of carbonyl (C=O) groups is 1. The van der Waals surface area contributed by atoms with E-state index in [-0.39, 0.29) is 18.1 Å². The van der Waals surface area contributed by atoms with Crippen molar-refractivity contribution in [1.82, 2.24) is 0 Å². The summed E-state index contributed by atoms with van der Waals surface area (Å²) < 4.78 is 23.4. The minimum absolute atomic E-state index is 0.169. The lowest BCUT2D eigenvalue weighted by atomic mass is 9.87. The van der Waals surface area contributed by atoms with Gasteiger partial charge in [0.05, 0.1) is 19.3 Å². The molecular weight excluding hydrogens is 424 g/mol. The van der Waals surface area contributed by atoms with Crippen molar-refractivity contribution in [2.45, 2.75) is 38.3 Å². The van der Waals surface area contributed by atoms with Crippen molar-refractivity contribution in [3.63, 3.8) is 0 Å². The Morgan fingerprint density at radius 1 is 1.18 bits per heavy atom. The van der Waals surface area contributed by atoms with Gasteiger partial charge in [-0.15, -0.1) is 0 Å². The van der Waals surface area contributed by atoms with Gasteiger partial charge in [0.25, 0.3) is 0 Å². The normalized spacial score (nSPS) is 24.6. The van der Waals surface area contributed by atoms with Crippen LogP contribution in [0, 0.1) is 5.92 Å². The molecule has 0 unspecified atom stereocenters. The van der Waals surface area contributed by atoms with Gasteiger partial charge in [-0.3, -0.25) is 0 Å². The molecule has 1 aliphatic heterocycles. The van der Waals surface area contributed by atoms with E-state index in [1.54, 1.807) is 7.11 Å². The first-order chi connectivity index (χ1) is 13.5. The molecule has 0 radical (unpaired) electrons. The Morgan fingerprint density at radius 3 is 2.61 bits per heavy atom. The van der Waals surface area contributed by atoms with Crippen LogP contribution in [-0.2, 0) is 25.6 Å². The summed E-state index contributed by atoms with van der Waals surface area (Å²) in [7, 11) is 2.95. The molecule has 3 rings (SSSR count). The van der Waals surface area contributed by atoms with E-state index in [4.69, 9.17) is 18.9 Å². The van der Waals surface area contributed by atoms with E-state index in [9.17, 15) is 4.79 Å². The first-order valence-electron chi connectivity index (χ1n) is 9.25. The Bertz CT molecular complexity index is 795. The lowest BCUT2D eigenvalue weighted by Gasteiger charge is -2.38. The van der Waals surface area contributed by atoms with Crippen molar-refractivity contribution >= 4 is 21.9 Å². The molecule has 5 nitrogen and oxygen atoms in total. The summed E-state index contributed by atoms with van der Waals surface area (Å²) in [5.41, 5.74) is 2.05. The molecule has 0 spiro atoms. The number of rotatable bonds is 6. The fraction of sp³-hybridized carbons (Fsp3) is 0.409. The third-order valence-corrected chi connectivity index (χ3v) is 5.42. The van der Waals surface area contributed by atoms with Gasteiger partial charge in [0.2, 0.25) is 0 Å². The Balaban J connectivity index is 1.79. The summed E-state index contributed by atoms with van der Waals surface area (Å²) in [5, 5.41) is 0. The molecule has 6 heteroatoms. The Hall–Kier alpha value is -1.89. The Kier molecular flexibility index (Phi) is 7.10. The van der Waals surface area contributed by atoms with Crippen molar-refractivity contribution in [3.05, 3.63) is 64.1 Å². The van der Waals surface area contributed by atoms with E-state index in [0.717, 1.165) is 21.3 Å². The van der Waals surface area contributed by atoms with E-state index in [1.807, 2.05) is 48.5 Å². The fourth-order valence-corrected chi connectivity index (χ4v) is 4.01. The van der Waals surface area contributed by atoms with Crippen LogP contribution in [0.15, 0.2) is 53.0 Å². The van der Waals surface area contributed by atoms with Gasteiger partial charge in [0.1, 0.15) is 12.4 Å². The maximum absolute atomic E-state index is 12.2. The second-order valence-electron chi connectivity index (χ2n) is 6.98. The van der Waals surface area contributed by atoms with Gasteiger partial charge >= 0.3 is 5.97 Å². The van der Waals surface area contributed by atoms with Crippen molar-refractivity contribution in [1.29, 1.82) is 0 Å². The molecule has 0 N–H and O–H groups in total. The predicted octanol–water partition coefficient (Wildman–Crippen LogP) is 4.68. The largest absolute Gasteiger partial charge is 0.489 e. The molecule has 1 saturated heterocycles. The highest BCUT2D eigenvalue weighted by atomic mass is 79.9. The van der Waals surface area contributed by atoms with Crippen LogP contribution < -0.4 is 4.74 Å². The topological polar surface area (TPSA) is 54.0 Å². The van der Waals surface area contributed by atoms with E-state index in [2.05, 4.69) is 22.9 Å². The van der Waals surface area contributed by atoms with Gasteiger partial charge in [0, 0.05) is 11.6 Å². The first-order valence-corrected chi connectivity index (χ1v) is 10.0. The average molecular weight is 449 g/mol. The maximum atomic E-state index is 12.2. The van der Waals surface area contributed by atoms with Crippen LogP contribution in [0.2, 0.25) is 0 Å². The number of halogens is 1. The lowest BCUT2D eigenvalue weighted by Crippen LogP contribution is -2.46.